The fourth-order valence-corrected chi connectivity index (χ4v) is 6.14. The van der Waals surface area contributed by atoms with Crippen LogP contribution in [0.3, 0.4) is 0 Å². The van der Waals surface area contributed by atoms with E-state index in [0.717, 1.165) is 65.1 Å². The minimum Gasteiger partial charge on any atom is -0.382 e. The van der Waals surface area contributed by atoms with Gasteiger partial charge in [0.25, 0.3) is 11.8 Å². The molecule has 42 heavy (non-hydrogen) atoms. The topological polar surface area (TPSA) is 139 Å². The molecular formula is C31H29N7O4. The lowest BCUT2D eigenvalue weighted by Crippen LogP contribution is -2.54. The van der Waals surface area contributed by atoms with Crippen molar-refractivity contribution in [3.8, 4) is 11.3 Å². The van der Waals surface area contributed by atoms with Gasteiger partial charge in [-0.1, -0.05) is 12.1 Å². The van der Waals surface area contributed by atoms with E-state index in [-0.39, 0.29) is 24.3 Å². The van der Waals surface area contributed by atoms with Crippen molar-refractivity contribution in [2.75, 3.05) is 5.32 Å². The van der Waals surface area contributed by atoms with Gasteiger partial charge in [0.05, 0.1) is 40.2 Å². The number of piperidine rings is 1. The van der Waals surface area contributed by atoms with Crippen molar-refractivity contribution in [2.24, 2.45) is 5.92 Å². The molecule has 4 amide bonds. The van der Waals surface area contributed by atoms with Gasteiger partial charge < -0.3 is 5.32 Å². The zero-order valence-corrected chi connectivity index (χ0v) is 22.8. The molecule has 0 spiro atoms. The normalized spacial score (nSPS) is 21.8. The molecule has 1 saturated carbocycles. The van der Waals surface area contributed by atoms with Crippen LogP contribution in [-0.2, 0) is 16.1 Å². The summed E-state index contributed by atoms with van der Waals surface area (Å²) < 4.78 is 1.96. The highest BCUT2D eigenvalue weighted by Gasteiger charge is 2.44. The third-order valence-electron chi connectivity index (χ3n) is 8.42. The number of hydrogen-bond donors (Lipinski definition) is 2. The number of anilines is 1. The summed E-state index contributed by atoms with van der Waals surface area (Å²) in [6.07, 6.45) is 10.1. The molecule has 2 fully saturated rings. The molecule has 212 valence electrons. The maximum atomic E-state index is 13.1. The molecule has 3 aliphatic rings. The predicted molar refractivity (Wildman–Crippen MR) is 153 cm³/mol. The second kappa shape index (κ2) is 10.5. The number of para-hydroxylation sites is 2. The van der Waals surface area contributed by atoms with E-state index in [1.54, 1.807) is 24.4 Å². The summed E-state index contributed by atoms with van der Waals surface area (Å²) in [5.41, 5.74) is 4.87. The van der Waals surface area contributed by atoms with E-state index in [0.29, 0.717) is 17.5 Å². The molecule has 2 aromatic carbocycles. The maximum Gasteiger partial charge on any atom is 0.262 e. The molecule has 7 rings (SSSR count). The van der Waals surface area contributed by atoms with Gasteiger partial charge in [-0.05, 0) is 68.4 Å². The summed E-state index contributed by atoms with van der Waals surface area (Å²) >= 11 is 0. The van der Waals surface area contributed by atoms with Crippen LogP contribution in [-0.4, -0.2) is 60.4 Å². The van der Waals surface area contributed by atoms with E-state index in [1.807, 2.05) is 41.3 Å². The van der Waals surface area contributed by atoms with Gasteiger partial charge in [-0.25, -0.2) is 4.98 Å². The Morgan fingerprint density at radius 1 is 0.952 bits per heavy atom. The highest BCUT2D eigenvalue weighted by molar-refractivity contribution is 6.23. The molecular weight excluding hydrogens is 534 g/mol. The third kappa shape index (κ3) is 4.80. The second-order valence-electron chi connectivity index (χ2n) is 11.3. The Morgan fingerprint density at radius 3 is 2.60 bits per heavy atom. The van der Waals surface area contributed by atoms with Gasteiger partial charge >= 0.3 is 0 Å². The maximum absolute atomic E-state index is 13.1. The Kier molecular flexibility index (Phi) is 6.49. The summed E-state index contributed by atoms with van der Waals surface area (Å²) in [4.78, 5) is 59.9. The number of fused-ring (bicyclic) bond motifs is 2. The van der Waals surface area contributed by atoms with Gasteiger partial charge in [0.2, 0.25) is 11.8 Å². The molecule has 0 radical (unpaired) electrons. The lowest BCUT2D eigenvalue weighted by molar-refractivity contribution is -0.136. The summed E-state index contributed by atoms with van der Waals surface area (Å²) in [5, 5.41) is 10.2. The van der Waals surface area contributed by atoms with E-state index < -0.39 is 23.8 Å². The van der Waals surface area contributed by atoms with E-state index in [4.69, 9.17) is 4.98 Å². The largest absolute Gasteiger partial charge is 0.382 e. The Hall–Kier alpha value is -4.93. The van der Waals surface area contributed by atoms with Crippen molar-refractivity contribution in [3.05, 3.63) is 72.2 Å². The van der Waals surface area contributed by atoms with Crippen LogP contribution in [0.5, 0.6) is 0 Å². The smallest absolute Gasteiger partial charge is 0.262 e. The Bertz CT molecular complexity index is 1740. The molecule has 2 N–H and O–H groups in total. The van der Waals surface area contributed by atoms with Crippen LogP contribution < -0.4 is 10.6 Å². The van der Waals surface area contributed by atoms with E-state index in [1.165, 1.54) is 0 Å². The number of carbonyl (C=O) groups excluding carboxylic acids is 4. The van der Waals surface area contributed by atoms with Gasteiger partial charge in [0, 0.05) is 36.5 Å². The molecule has 0 bridgehead atoms. The monoisotopic (exact) mass is 563 g/mol. The number of amides is 4. The van der Waals surface area contributed by atoms with Crippen LogP contribution in [0.4, 0.5) is 5.69 Å². The fraction of sp³-hybridized carbons (Fsp3) is 0.323. The SMILES string of the molecule is O=C1CCC(N2C(=O)c3ccc(NC4CC(CCCn5cc(-c6cnc7ccccc7n6)cn5)C4)cc3C2=O)C(=O)N1. The summed E-state index contributed by atoms with van der Waals surface area (Å²) in [7, 11) is 0. The van der Waals surface area contributed by atoms with Crippen LogP contribution >= 0.6 is 0 Å². The van der Waals surface area contributed by atoms with Gasteiger partial charge in [0.1, 0.15) is 6.04 Å². The van der Waals surface area contributed by atoms with Crippen molar-refractivity contribution in [1.29, 1.82) is 0 Å². The minimum atomic E-state index is -0.959. The number of nitrogens with zero attached hydrogens (tertiary/aromatic N) is 5. The van der Waals surface area contributed by atoms with Crippen molar-refractivity contribution in [2.45, 2.75) is 57.2 Å². The third-order valence-corrected chi connectivity index (χ3v) is 8.42. The summed E-state index contributed by atoms with van der Waals surface area (Å²) in [6.45, 7) is 0.834. The van der Waals surface area contributed by atoms with Gasteiger partial charge in [-0.15, -0.1) is 0 Å². The van der Waals surface area contributed by atoms with Crippen LogP contribution in [0.15, 0.2) is 61.1 Å². The Balaban J connectivity index is 0.893. The van der Waals surface area contributed by atoms with Crippen LogP contribution in [0.1, 0.15) is 59.2 Å². The first-order chi connectivity index (χ1) is 20.4. The standard InChI is InChI=1S/C31H29N7O4/c39-28-10-9-27(29(40)36-28)38-30(41)22-8-7-20(14-23(22)31(38)42)34-21-12-18(13-21)4-3-11-37-17-19(15-33-37)26-16-32-24-5-1-2-6-25(24)35-26/h1-2,5-8,14-18,21,27,34H,3-4,9-13H2,(H,36,39,40). The van der Waals surface area contributed by atoms with Crippen molar-refractivity contribution >= 4 is 40.3 Å². The lowest BCUT2D eigenvalue weighted by Gasteiger charge is -2.36. The second-order valence-corrected chi connectivity index (χ2v) is 11.3. The molecule has 1 saturated heterocycles. The number of nitrogens with one attached hydrogen (secondary N) is 2. The molecule has 1 atom stereocenters. The number of carbonyl (C=O) groups is 4. The zero-order chi connectivity index (χ0) is 28.8. The quantitative estimate of drug-likeness (QED) is 0.310. The lowest BCUT2D eigenvalue weighted by atomic mass is 9.77. The van der Waals surface area contributed by atoms with Gasteiger partial charge in [-0.3, -0.25) is 39.1 Å². The molecule has 1 aliphatic carbocycles. The molecule has 4 heterocycles. The number of rotatable bonds is 8. The fourth-order valence-electron chi connectivity index (χ4n) is 6.14. The van der Waals surface area contributed by atoms with E-state index in [2.05, 4.69) is 20.7 Å². The molecule has 1 unspecified atom stereocenters. The van der Waals surface area contributed by atoms with Crippen molar-refractivity contribution < 1.29 is 19.2 Å². The summed E-state index contributed by atoms with van der Waals surface area (Å²) in [6, 6.07) is 12.3. The first-order valence-electron chi connectivity index (χ1n) is 14.3. The first kappa shape index (κ1) is 26.0. The number of aromatic nitrogens is 4. The average molecular weight is 564 g/mol. The molecule has 2 aliphatic heterocycles. The van der Waals surface area contributed by atoms with E-state index >= 15 is 0 Å². The first-order valence-corrected chi connectivity index (χ1v) is 14.3. The Labute approximate surface area is 241 Å². The van der Waals surface area contributed by atoms with Gasteiger partial charge in [0.15, 0.2) is 0 Å². The average Bonchev–Trinajstić information content (AvgIpc) is 3.54. The van der Waals surface area contributed by atoms with E-state index in [9.17, 15) is 19.2 Å². The number of aryl methyl sites for hydroxylation is 1. The van der Waals surface area contributed by atoms with Crippen molar-refractivity contribution in [1.82, 2.24) is 30.0 Å². The van der Waals surface area contributed by atoms with Gasteiger partial charge in [-0.2, -0.15) is 5.10 Å². The molecule has 11 nitrogen and oxygen atoms in total. The number of benzene rings is 2. The molecule has 4 aromatic rings. The zero-order valence-electron chi connectivity index (χ0n) is 22.8. The van der Waals surface area contributed by atoms with Crippen LogP contribution in [0.25, 0.3) is 22.3 Å². The highest BCUT2D eigenvalue weighted by atomic mass is 16.2. The number of imide groups is 2. The Morgan fingerprint density at radius 2 is 1.76 bits per heavy atom. The van der Waals surface area contributed by atoms with Crippen molar-refractivity contribution in [3.63, 3.8) is 0 Å². The molecule has 2 aromatic heterocycles. The minimum absolute atomic E-state index is 0.100. The predicted octanol–water partition coefficient (Wildman–Crippen LogP) is 3.57. The number of hydrogen-bond acceptors (Lipinski definition) is 8. The summed E-state index contributed by atoms with van der Waals surface area (Å²) in [5.74, 6) is -1.36. The molecule has 11 heteroatoms. The highest BCUT2D eigenvalue weighted by Crippen LogP contribution is 2.35. The van der Waals surface area contributed by atoms with Crippen LogP contribution in [0.2, 0.25) is 0 Å². The van der Waals surface area contributed by atoms with Crippen LogP contribution in [0, 0.1) is 5.92 Å².